The summed E-state index contributed by atoms with van der Waals surface area (Å²) in [5.41, 5.74) is 4.46. The Morgan fingerprint density at radius 1 is 0.750 bits per heavy atom. The van der Waals surface area contributed by atoms with Crippen molar-refractivity contribution in [3.63, 3.8) is 0 Å². The van der Waals surface area contributed by atoms with Crippen LogP contribution >= 0.6 is 0 Å². The number of piperidine rings is 1. The summed E-state index contributed by atoms with van der Waals surface area (Å²) in [5, 5.41) is 0. The maximum absolute atomic E-state index is 13.1. The number of pyridine rings is 2. The van der Waals surface area contributed by atoms with Crippen molar-refractivity contribution < 1.29 is 9.69 Å². The SMILES string of the molecule is O=C1C(=Cc2ccccn2)C[NH+](Cc2ccccc2)C/C1=C/c1ccccn1. The number of likely N-dealkylation sites (tertiary alicyclic amines) is 1. The Kier molecular flexibility index (Phi) is 5.50. The van der Waals surface area contributed by atoms with Gasteiger partial charge in [0.1, 0.15) is 19.6 Å². The second-order valence-electron chi connectivity index (χ2n) is 6.94. The minimum absolute atomic E-state index is 0.0908. The van der Waals surface area contributed by atoms with Crippen LogP contribution in [0.3, 0.4) is 0 Å². The number of rotatable bonds is 4. The average molecular weight is 368 g/mol. The number of hydrogen-bond acceptors (Lipinski definition) is 3. The number of quaternary nitrogens is 1. The number of benzene rings is 1. The Labute approximate surface area is 164 Å². The molecular formula is C24H22N3O+. The van der Waals surface area contributed by atoms with E-state index in [4.69, 9.17) is 0 Å². The van der Waals surface area contributed by atoms with Gasteiger partial charge in [0.15, 0.2) is 5.78 Å². The van der Waals surface area contributed by atoms with Gasteiger partial charge in [-0.05, 0) is 36.4 Å². The molecule has 0 bridgehead atoms. The lowest BCUT2D eigenvalue weighted by atomic mass is 9.95. The zero-order valence-electron chi connectivity index (χ0n) is 15.6. The fraction of sp³-hybridized carbons (Fsp3) is 0.125. The molecule has 0 radical (unpaired) electrons. The smallest absolute Gasteiger partial charge is 0.196 e. The van der Waals surface area contributed by atoms with Crippen molar-refractivity contribution in [3.05, 3.63) is 107 Å². The van der Waals surface area contributed by atoms with Gasteiger partial charge in [0, 0.05) is 18.0 Å². The van der Waals surface area contributed by atoms with E-state index in [0.29, 0.717) is 13.1 Å². The van der Waals surface area contributed by atoms with E-state index >= 15 is 0 Å². The highest BCUT2D eigenvalue weighted by Crippen LogP contribution is 2.15. The highest BCUT2D eigenvalue weighted by molar-refractivity contribution is 6.13. The number of nitrogens with one attached hydrogen (secondary N) is 1. The summed E-state index contributed by atoms with van der Waals surface area (Å²) in [6.45, 7) is 2.24. The molecule has 1 saturated heterocycles. The molecule has 2 aromatic heterocycles. The molecule has 0 amide bonds. The van der Waals surface area contributed by atoms with E-state index in [1.165, 1.54) is 10.5 Å². The number of aromatic nitrogens is 2. The van der Waals surface area contributed by atoms with Crippen molar-refractivity contribution in [1.82, 2.24) is 9.97 Å². The number of hydrogen-bond donors (Lipinski definition) is 1. The van der Waals surface area contributed by atoms with Crippen LogP contribution in [0.1, 0.15) is 17.0 Å². The molecule has 1 fully saturated rings. The van der Waals surface area contributed by atoms with E-state index in [-0.39, 0.29) is 5.78 Å². The molecule has 4 rings (SSSR count). The van der Waals surface area contributed by atoms with Crippen molar-refractivity contribution in [2.24, 2.45) is 0 Å². The number of ketones is 1. The molecule has 0 saturated carbocycles. The standard InChI is InChI=1S/C24H21N3O/c28-24-20(14-22-10-4-6-12-25-22)17-27(16-19-8-2-1-3-9-19)18-21(24)15-23-11-5-7-13-26-23/h1-15H,16-18H2/p+1/b20-14-,21-15?. The summed E-state index contributed by atoms with van der Waals surface area (Å²) >= 11 is 0. The lowest BCUT2D eigenvalue weighted by molar-refractivity contribution is -0.904. The first kappa shape index (κ1) is 18.0. The van der Waals surface area contributed by atoms with Crippen LogP contribution in [-0.4, -0.2) is 28.8 Å². The van der Waals surface area contributed by atoms with Gasteiger partial charge in [-0.2, -0.15) is 0 Å². The predicted molar refractivity (Wildman–Crippen MR) is 110 cm³/mol. The second kappa shape index (κ2) is 8.55. The monoisotopic (exact) mass is 368 g/mol. The van der Waals surface area contributed by atoms with E-state index < -0.39 is 0 Å². The first-order valence-corrected chi connectivity index (χ1v) is 9.43. The molecule has 1 unspecified atom stereocenters. The van der Waals surface area contributed by atoms with Crippen molar-refractivity contribution in [3.8, 4) is 0 Å². The first-order valence-electron chi connectivity index (χ1n) is 9.43. The molecule has 4 nitrogen and oxygen atoms in total. The van der Waals surface area contributed by atoms with Crippen LogP contribution in [0.2, 0.25) is 0 Å². The topological polar surface area (TPSA) is 47.3 Å². The Hall–Kier alpha value is -3.37. The fourth-order valence-corrected chi connectivity index (χ4v) is 3.49. The quantitative estimate of drug-likeness (QED) is 0.720. The van der Waals surface area contributed by atoms with Gasteiger partial charge in [0.2, 0.25) is 0 Å². The van der Waals surface area contributed by atoms with Crippen molar-refractivity contribution in [1.29, 1.82) is 0 Å². The first-order chi connectivity index (χ1) is 13.8. The lowest BCUT2D eigenvalue weighted by Gasteiger charge is -2.27. The zero-order valence-corrected chi connectivity index (χ0v) is 15.6. The van der Waals surface area contributed by atoms with Gasteiger partial charge in [0.05, 0.1) is 22.5 Å². The molecule has 1 atom stereocenters. The molecule has 3 aromatic rings. The van der Waals surface area contributed by atoms with E-state index in [1.54, 1.807) is 12.4 Å². The molecule has 3 heterocycles. The van der Waals surface area contributed by atoms with Gasteiger partial charge in [-0.1, -0.05) is 42.5 Å². The van der Waals surface area contributed by atoms with Gasteiger partial charge in [0.25, 0.3) is 0 Å². The molecule has 1 aliphatic heterocycles. The van der Waals surface area contributed by atoms with Gasteiger partial charge >= 0.3 is 0 Å². The molecule has 1 aromatic carbocycles. The molecule has 138 valence electrons. The van der Waals surface area contributed by atoms with E-state index in [0.717, 1.165) is 29.1 Å². The van der Waals surface area contributed by atoms with Crippen LogP contribution in [0.4, 0.5) is 0 Å². The number of carbonyl (C=O) groups excluding carboxylic acids is 1. The Balaban J connectivity index is 1.66. The van der Waals surface area contributed by atoms with Crippen molar-refractivity contribution >= 4 is 17.9 Å². The largest absolute Gasteiger partial charge is 0.323 e. The van der Waals surface area contributed by atoms with Crippen molar-refractivity contribution in [2.75, 3.05) is 13.1 Å². The van der Waals surface area contributed by atoms with Gasteiger partial charge < -0.3 is 4.90 Å². The minimum atomic E-state index is 0.0908. The van der Waals surface area contributed by atoms with Gasteiger partial charge in [-0.3, -0.25) is 14.8 Å². The maximum atomic E-state index is 13.1. The molecular weight excluding hydrogens is 346 g/mol. The third-order valence-electron chi connectivity index (χ3n) is 4.78. The zero-order chi connectivity index (χ0) is 19.2. The summed E-state index contributed by atoms with van der Waals surface area (Å²) in [5.74, 6) is 0.0908. The van der Waals surface area contributed by atoms with Crippen LogP contribution in [0, 0.1) is 0 Å². The fourth-order valence-electron chi connectivity index (χ4n) is 3.49. The summed E-state index contributed by atoms with van der Waals surface area (Å²) < 4.78 is 0. The Morgan fingerprint density at radius 2 is 1.29 bits per heavy atom. The molecule has 0 spiro atoms. The maximum Gasteiger partial charge on any atom is 0.196 e. The van der Waals surface area contributed by atoms with E-state index in [1.807, 2.05) is 54.6 Å². The third-order valence-corrected chi connectivity index (χ3v) is 4.78. The highest BCUT2D eigenvalue weighted by atomic mass is 16.1. The third kappa shape index (κ3) is 4.48. The molecule has 0 aliphatic carbocycles. The molecule has 4 heteroatoms. The van der Waals surface area contributed by atoms with Crippen LogP contribution in [-0.2, 0) is 11.3 Å². The Bertz CT molecular complexity index is 934. The lowest BCUT2D eigenvalue weighted by Crippen LogP contribution is -3.12. The van der Waals surface area contributed by atoms with E-state index in [9.17, 15) is 4.79 Å². The van der Waals surface area contributed by atoms with Crippen LogP contribution in [0.5, 0.6) is 0 Å². The Morgan fingerprint density at radius 3 is 1.79 bits per heavy atom. The highest BCUT2D eigenvalue weighted by Gasteiger charge is 2.29. The average Bonchev–Trinajstić information content (AvgIpc) is 2.74. The minimum Gasteiger partial charge on any atom is -0.323 e. The summed E-state index contributed by atoms with van der Waals surface area (Å²) in [6.07, 6.45) is 7.33. The summed E-state index contributed by atoms with van der Waals surface area (Å²) in [4.78, 5) is 23.2. The molecule has 28 heavy (non-hydrogen) atoms. The number of Topliss-reactive ketones (excluding diaryl/α,β-unsaturated/α-hetero) is 1. The van der Waals surface area contributed by atoms with Crippen molar-refractivity contribution in [2.45, 2.75) is 6.54 Å². The normalized spacial score (nSPS) is 19.9. The van der Waals surface area contributed by atoms with Crippen LogP contribution < -0.4 is 4.90 Å². The second-order valence-corrected chi connectivity index (χ2v) is 6.94. The predicted octanol–water partition coefficient (Wildman–Crippen LogP) is 2.61. The van der Waals surface area contributed by atoms with Gasteiger partial charge in [-0.15, -0.1) is 0 Å². The molecule has 1 aliphatic rings. The summed E-state index contributed by atoms with van der Waals surface area (Å²) in [7, 11) is 0. The number of nitrogens with zero attached hydrogens (tertiary/aromatic N) is 2. The molecule has 1 N–H and O–H groups in total. The number of carbonyl (C=O) groups is 1. The van der Waals surface area contributed by atoms with E-state index in [2.05, 4.69) is 34.2 Å². The van der Waals surface area contributed by atoms with Gasteiger partial charge in [-0.25, -0.2) is 0 Å². The van der Waals surface area contributed by atoms with Crippen LogP contribution in [0.25, 0.3) is 12.2 Å². The van der Waals surface area contributed by atoms with Crippen LogP contribution in [0.15, 0.2) is 90.3 Å². The summed E-state index contributed by atoms with van der Waals surface area (Å²) in [6, 6.07) is 21.9.